The zero-order valence-corrected chi connectivity index (χ0v) is 17.8. The van der Waals surface area contributed by atoms with Gasteiger partial charge in [0.25, 0.3) is 0 Å². The minimum atomic E-state index is 0. The van der Waals surface area contributed by atoms with Gasteiger partial charge in [-0.2, -0.15) is 0 Å². The van der Waals surface area contributed by atoms with E-state index < -0.39 is 0 Å². The maximum atomic E-state index is 5.68. The Bertz CT molecular complexity index is 786. The van der Waals surface area contributed by atoms with E-state index in [0.29, 0.717) is 0 Å². The quantitative estimate of drug-likeness (QED) is 0.566. The maximum Gasteiger partial charge on any atom is -1.00 e. The monoisotopic (exact) mass is 410 g/mol. The average molecular weight is 411 g/mol. The second-order valence-corrected chi connectivity index (χ2v) is 6.77. The Labute approximate surface area is 175 Å². The molecule has 2 nitrogen and oxygen atoms in total. The van der Waals surface area contributed by atoms with E-state index in [0.717, 1.165) is 13.0 Å². The second-order valence-electron chi connectivity index (χ2n) is 6.40. The molecule has 0 bridgehead atoms. The second kappa shape index (κ2) is 9.92. The molecule has 2 aromatic rings. The van der Waals surface area contributed by atoms with Gasteiger partial charge in [0.1, 0.15) is 0 Å². The minimum absolute atomic E-state index is 0. The molecule has 0 heterocycles. The fourth-order valence-corrected chi connectivity index (χ4v) is 3.50. The van der Waals surface area contributed by atoms with Crippen molar-refractivity contribution in [2.75, 3.05) is 20.6 Å². The summed E-state index contributed by atoms with van der Waals surface area (Å²) < 4.78 is 5.68. The number of hydrogen-bond donors (Lipinski definition) is 0. The summed E-state index contributed by atoms with van der Waals surface area (Å²) in [5.41, 5.74) is 5.42. The Kier molecular flexibility index (Phi) is 8.90. The van der Waals surface area contributed by atoms with Gasteiger partial charge in [0, 0.05) is 0 Å². The van der Waals surface area contributed by atoms with E-state index in [4.69, 9.17) is 3.32 Å². The van der Waals surface area contributed by atoms with Crippen molar-refractivity contribution in [3.63, 3.8) is 0 Å². The van der Waals surface area contributed by atoms with E-state index in [2.05, 4.69) is 74.5 Å². The molecule has 131 valence electrons. The number of halogens is 2. The van der Waals surface area contributed by atoms with E-state index in [-0.39, 0.29) is 30.9 Å². The van der Waals surface area contributed by atoms with Crippen LogP contribution in [0.4, 0.5) is 0 Å². The molecule has 0 saturated heterocycles. The number of allylic oxidation sites excluding steroid dienone is 2. The standard InChI is InChI=1S/C20H22NO.2ClH.Ti/c1-14(22)20-18-7-5-4-6-16(18)10-11-19(20)17-9-8-15(12-17)13-21(2)3;;;/h4-8,10-12,14H,9,13H2,1-3H3;2*1H;/q-1;;;+3/p-2. The van der Waals surface area contributed by atoms with E-state index in [1.54, 1.807) is 20.8 Å². The summed E-state index contributed by atoms with van der Waals surface area (Å²) in [6.45, 7) is 3.13. The van der Waals surface area contributed by atoms with Crippen molar-refractivity contribution in [1.82, 2.24) is 4.90 Å². The molecule has 0 fully saturated rings. The number of fused-ring (bicyclic) bond motifs is 1. The van der Waals surface area contributed by atoms with Gasteiger partial charge in [-0.05, 0) is 0 Å². The van der Waals surface area contributed by atoms with Gasteiger partial charge in [-0.3, -0.25) is 0 Å². The van der Waals surface area contributed by atoms with Gasteiger partial charge in [-0.1, -0.05) is 0 Å². The first-order valence-corrected chi connectivity index (χ1v) is 8.62. The molecule has 25 heavy (non-hydrogen) atoms. The van der Waals surface area contributed by atoms with Gasteiger partial charge in [-0.15, -0.1) is 0 Å². The molecular weight excluding hydrogens is 389 g/mol. The SMILES string of the molecule is CC([O][Ti+2])c1c(C2=CC(CN(C)C)=CC2)ccc2ccccc12.[Cl-].[Cl-]. The molecule has 0 radical (unpaired) electrons. The average Bonchev–Trinajstić information content (AvgIpc) is 3.00. The van der Waals surface area contributed by atoms with Crippen molar-refractivity contribution < 1.29 is 49.0 Å². The molecule has 2 aromatic carbocycles. The summed E-state index contributed by atoms with van der Waals surface area (Å²) in [5, 5.41) is 2.57. The van der Waals surface area contributed by atoms with Crippen LogP contribution in [0, 0.1) is 0 Å². The summed E-state index contributed by atoms with van der Waals surface area (Å²) in [4.78, 5) is 2.21. The summed E-state index contributed by atoms with van der Waals surface area (Å²) >= 11 is 1.79. The predicted molar refractivity (Wildman–Crippen MR) is 92.7 cm³/mol. The van der Waals surface area contributed by atoms with Crippen molar-refractivity contribution in [1.29, 1.82) is 0 Å². The van der Waals surface area contributed by atoms with E-state index in [1.807, 2.05) is 0 Å². The zero-order chi connectivity index (χ0) is 16.4. The number of likely N-dealkylation sites (N-methyl/N-ethyl adjacent to an activating group) is 1. The minimum Gasteiger partial charge on any atom is -1.00 e. The van der Waals surface area contributed by atoms with Crippen LogP contribution >= 0.6 is 0 Å². The van der Waals surface area contributed by atoms with Crippen LogP contribution in [0.5, 0.6) is 0 Å². The summed E-state index contributed by atoms with van der Waals surface area (Å²) in [7, 11) is 4.22. The van der Waals surface area contributed by atoms with Gasteiger partial charge in [-0.25, -0.2) is 0 Å². The first-order valence-electron chi connectivity index (χ1n) is 7.99. The fourth-order valence-electron chi connectivity index (χ4n) is 3.32. The van der Waals surface area contributed by atoms with Crippen LogP contribution in [0.3, 0.4) is 0 Å². The maximum absolute atomic E-state index is 5.68. The molecular formula is C20H22Cl2NOTi. The van der Waals surface area contributed by atoms with E-state index in [1.165, 1.54) is 33.0 Å². The molecule has 1 unspecified atom stereocenters. The molecule has 0 N–H and O–H groups in total. The van der Waals surface area contributed by atoms with Gasteiger partial charge in [0.2, 0.25) is 0 Å². The molecule has 0 aliphatic heterocycles. The van der Waals surface area contributed by atoms with Crippen molar-refractivity contribution in [2.45, 2.75) is 19.4 Å². The summed E-state index contributed by atoms with van der Waals surface area (Å²) in [6.07, 6.45) is 5.77. The Hall–Kier alpha value is -0.606. The van der Waals surface area contributed by atoms with Crippen LogP contribution in [-0.4, -0.2) is 25.5 Å². The van der Waals surface area contributed by atoms with Gasteiger partial charge >= 0.3 is 151 Å². The third kappa shape index (κ3) is 4.97. The van der Waals surface area contributed by atoms with Crippen molar-refractivity contribution in [3.8, 4) is 0 Å². The van der Waals surface area contributed by atoms with E-state index in [9.17, 15) is 0 Å². The Morgan fingerprint density at radius 2 is 1.84 bits per heavy atom. The molecule has 3 rings (SSSR count). The molecule has 5 heteroatoms. The summed E-state index contributed by atoms with van der Waals surface area (Å²) in [5.74, 6) is 0. The Morgan fingerprint density at radius 3 is 2.52 bits per heavy atom. The van der Waals surface area contributed by atoms with Crippen molar-refractivity contribution in [2.24, 2.45) is 0 Å². The van der Waals surface area contributed by atoms with Gasteiger partial charge in [0.15, 0.2) is 0 Å². The molecule has 0 amide bonds. The number of benzene rings is 2. The zero-order valence-electron chi connectivity index (χ0n) is 14.7. The van der Waals surface area contributed by atoms with E-state index >= 15 is 0 Å². The van der Waals surface area contributed by atoms with Crippen molar-refractivity contribution >= 4 is 16.3 Å². The van der Waals surface area contributed by atoms with Crippen LogP contribution in [0.2, 0.25) is 0 Å². The third-order valence-corrected chi connectivity index (χ3v) is 4.89. The first kappa shape index (κ1) is 22.4. The molecule has 1 atom stereocenters. The molecule has 1 aliphatic carbocycles. The van der Waals surface area contributed by atoms with Crippen LogP contribution in [0.25, 0.3) is 16.3 Å². The topological polar surface area (TPSA) is 12.5 Å². The number of rotatable bonds is 5. The van der Waals surface area contributed by atoms with Crippen LogP contribution in [0.15, 0.2) is 54.1 Å². The third-order valence-electron chi connectivity index (χ3n) is 4.34. The number of nitrogens with zero attached hydrogens (tertiary/aromatic N) is 1. The van der Waals surface area contributed by atoms with Crippen LogP contribution in [-0.2, 0) is 24.1 Å². The fraction of sp³-hybridized carbons (Fsp3) is 0.300. The largest absolute Gasteiger partial charge is 1.00 e. The molecule has 0 saturated carbocycles. The first-order chi connectivity index (χ1) is 11.1. The number of hydrogen-bond acceptors (Lipinski definition) is 2. The normalized spacial score (nSPS) is 14.6. The van der Waals surface area contributed by atoms with Crippen LogP contribution in [0.1, 0.15) is 30.6 Å². The van der Waals surface area contributed by atoms with Gasteiger partial charge in [0.05, 0.1) is 0 Å². The van der Waals surface area contributed by atoms with Gasteiger partial charge < -0.3 is 24.8 Å². The predicted octanol–water partition coefficient (Wildman–Crippen LogP) is -1.34. The Morgan fingerprint density at radius 1 is 1.12 bits per heavy atom. The molecule has 0 spiro atoms. The Balaban J connectivity index is 0.00000156. The van der Waals surface area contributed by atoms with Crippen LogP contribution < -0.4 is 24.8 Å². The van der Waals surface area contributed by atoms with Crippen molar-refractivity contribution in [3.05, 3.63) is 65.3 Å². The smallest absolute Gasteiger partial charge is 1.00 e. The molecule has 1 aliphatic rings. The summed E-state index contributed by atoms with van der Waals surface area (Å²) in [6, 6.07) is 13.1. The molecule has 0 aromatic heterocycles.